The molecule has 0 bridgehead atoms. The number of halogens is 1. The molecule has 0 amide bonds. The molecule has 1 aromatic heterocycles. The molecule has 3 rings (SSSR count). The highest BCUT2D eigenvalue weighted by Crippen LogP contribution is 2.32. The lowest BCUT2D eigenvalue weighted by atomic mass is 10.2. The summed E-state index contributed by atoms with van der Waals surface area (Å²) in [6, 6.07) is 9.80. The predicted octanol–water partition coefficient (Wildman–Crippen LogP) is 2.72. The van der Waals surface area contributed by atoms with Crippen LogP contribution in [0.1, 0.15) is 11.3 Å². The van der Waals surface area contributed by atoms with Crippen molar-refractivity contribution in [3.8, 4) is 11.5 Å². The van der Waals surface area contributed by atoms with Crippen molar-refractivity contribution in [2.75, 3.05) is 6.79 Å². The minimum Gasteiger partial charge on any atom is -0.468 e. The summed E-state index contributed by atoms with van der Waals surface area (Å²) in [5, 5.41) is 3.31. The zero-order chi connectivity index (χ0) is 11.5. The van der Waals surface area contributed by atoms with Crippen molar-refractivity contribution in [3.63, 3.8) is 0 Å². The smallest absolute Gasteiger partial charge is 0.231 e. The van der Waals surface area contributed by atoms with Gasteiger partial charge in [-0.2, -0.15) is 0 Å². The van der Waals surface area contributed by atoms with Crippen molar-refractivity contribution in [1.29, 1.82) is 0 Å². The maximum Gasteiger partial charge on any atom is 0.231 e. The van der Waals surface area contributed by atoms with Gasteiger partial charge < -0.3 is 19.2 Å². The van der Waals surface area contributed by atoms with Gasteiger partial charge in [0.05, 0.1) is 12.8 Å². The highest BCUT2D eigenvalue weighted by atomic mass is 35.5. The monoisotopic (exact) mass is 267 g/mol. The number of rotatable bonds is 4. The number of benzene rings is 1. The molecule has 1 aliphatic heterocycles. The Balaban J connectivity index is 0.00000120. The van der Waals surface area contributed by atoms with Gasteiger partial charge in [0, 0.05) is 6.54 Å². The van der Waals surface area contributed by atoms with Gasteiger partial charge in [0.2, 0.25) is 6.79 Å². The molecule has 0 saturated carbocycles. The molecule has 0 aliphatic carbocycles. The fraction of sp³-hybridized carbons (Fsp3) is 0.231. The summed E-state index contributed by atoms with van der Waals surface area (Å²) in [6.45, 7) is 1.82. The Morgan fingerprint density at radius 1 is 1.06 bits per heavy atom. The second-order valence-electron chi connectivity index (χ2n) is 3.87. The lowest BCUT2D eigenvalue weighted by molar-refractivity contribution is 0.174. The van der Waals surface area contributed by atoms with E-state index in [1.54, 1.807) is 6.26 Å². The van der Waals surface area contributed by atoms with E-state index >= 15 is 0 Å². The standard InChI is InChI=1S/C13H13NO3.ClH/c1-2-11(15-5-1)8-14-7-10-3-4-12-13(6-10)17-9-16-12;/h1-6,14H,7-9H2;1H. The van der Waals surface area contributed by atoms with Gasteiger partial charge in [-0.05, 0) is 29.8 Å². The summed E-state index contributed by atoms with van der Waals surface area (Å²) in [6.07, 6.45) is 1.68. The second-order valence-corrected chi connectivity index (χ2v) is 3.87. The van der Waals surface area contributed by atoms with Crippen molar-refractivity contribution < 1.29 is 13.9 Å². The predicted molar refractivity (Wildman–Crippen MR) is 69.1 cm³/mol. The fourth-order valence-corrected chi connectivity index (χ4v) is 1.79. The van der Waals surface area contributed by atoms with Crippen LogP contribution in [0.15, 0.2) is 41.0 Å². The van der Waals surface area contributed by atoms with Gasteiger partial charge in [-0.1, -0.05) is 6.07 Å². The summed E-state index contributed by atoms with van der Waals surface area (Å²) in [5.41, 5.74) is 1.17. The third-order valence-electron chi connectivity index (χ3n) is 2.65. The van der Waals surface area contributed by atoms with E-state index in [0.717, 1.165) is 30.3 Å². The van der Waals surface area contributed by atoms with Crippen LogP contribution in [-0.4, -0.2) is 6.79 Å². The molecule has 0 radical (unpaired) electrons. The van der Waals surface area contributed by atoms with E-state index in [1.165, 1.54) is 5.56 Å². The SMILES string of the molecule is Cl.c1coc(CNCc2ccc3c(c2)OCO3)c1. The van der Waals surface area contributed by atoms with Gasteiger partial charge in [-0.25, -0.2) is 0 Å². The summed E-state index contributed by atoms with van der Waals surface area (Å²) >= 11 is 0. The van der Waals surface area contributed by atoms with Gasteiger partial charge in [0.15, 0.2) is 11.5 Å². The molecule has 1 aromatic carbocycles. The minimum atomic E-state index is 0. The summed E-state index contributed by atoms with van der Waals surface area (Å²) in [4.78, 5) is 0. The molecule has 0 fully saturated rings. The summed E-state index contributed by atoms with van der Waals surface area (Å²) < 4.78 is 15.8. The van der Waals surface area contributed by atoms with Crippen molar-refractivity contribution in [1.82, 2.24) is 5.32 Å². The fourth-order valence-electron chi connectivity index (χ4n) is 1.79. The first-order valence-electron chi connectivity index (χ1n) is 5.53. The zero-order valence-corrected chi connectivity index (χ0v) is 10.5. The van der Waals surface area contributed by atoms with E-state index in [9.17, 15) is 0 Å². The van der Waals surface area contributed by atoms with Crippen molar-refractivity contribution >= 4 is 12.4 Å². The third-order valence-corrected chi connectivity index (χ3v) is 2.65. The Kier molecular flexibility index (Phi) is 4.12. The summed E-state index contributed by atoms with van der Waals surface area (Å²) in [5.74, 6) is 2.58. The molecule has 0 saturated heterocycles. The number of furan rings is 1. The van der Waals surface area contributed by atoms with Crippen LogP contribution in [-0.2, 0) is 13.1 Å². The number of nitrogens with one attached hydrogen (secondary N) is 1. The number of hydrogen-bond donors (Lipinski definition) is 1. The number of ether oxygens (including phenoxy) is 2. The Morgan fingerprint density at radius 3 is 2.78 bits per heavy atom. The van der Waals surface area contributed by atoms with Crippen LogP contribution in [0.2, 0.25) is 0 Å². The van der Waals surface area contributed by atoms with Gasteiger partial charge in [0.25, 0.3) is 0 Å². The number of hydrogen-bond acceptors (Lipinski definition) is 4. The van der Waals surface area contributed by atoms with Crippen LogP contribution < -0.4 is 14.8 Å². The molecule has 2 aromatic rings. The highest BCUT2D eigenvalue weighted by Gasteiger charge is 2.12. The largest absolute Gasteiger partial charge is 0.468 e. The van der Waals surface area contributed by atoms with E-state index in [4.69, 9.17) is 13.9 Å². The molecule has 4 nitrogen and oxygen atoms in total. The van der Waals surface area contributed by atoms with Gasteiger partial charge in [-0.15, -0.1) is 12.4 Å². The first kappa shape index (κ1) is 12.8. The van der Waals surface area contributed by atoms with Crippen LogP contribution in [0, 0.1) is 0 Å². The maximum absolute atomic E-state index is 5.32. The molecule has 0 atom stereocenters. The normalized spacial score (nSPS) is 12.2. The molecular weight excluding hydrogens is 254 g/mol. The topological polar surface area (TPSA) is 43.6 Å². The molecular formula is C13H14ClNO3. The number of fused-ring (bicyclic) bond motifs is 1. The Morgan fingerprint density at radius 2 is 1.94 bits per heavy atom. The third kappa shape index (κ3) is 2.78. The van der Waals surface area contributed by atoms with E-state index in [2.05, 4.69) is 5.32 Å². The Labute approximate surface area is 111 Å². The minimum absolute atomic E-state index is 0. The van der Waals surface area contributed by atoms with E-state index in [1.807, 2.05) is 30.3 Å². The molecule has 18 heavy (non-hydrogen) atoms. The van der Waals surface area contributed by atoms with E-state index < -0.39 is 0 Å². The first-order valence-corrected chi connectivity index (χ1v) is 5.53. The zero-order valence-electron chi connectivity index (χ0n) is 9.72. The molecule has 0 spiro atoms. The molecule has 0 unspecified atom stereocenters. The first-order chi connectivity index (χ1) is 8.42. The van der Waals surface area contributed by atoms with Crippen LogP contribution >= 0.6 is 12.4 Å². The summed E-state index contributed by atoms with van der Waals surface area (Å²) in [7, 11) is 0. The highest BCUT2D eigenvalue weighted by molar-refractivity contribution is 5.85. The van der Waals surface area contributed by atoms with Gasteiger partial charge >= 0.3 is 0 Å². The average molecular weight is 268 g/mol. The molecule has 2 heterocycles. The lowest BCUT2D eigenvalue weighted by Crippen LogP contribution is -2.11. The van der Waals surface area contributed by atoms with Crippen molar-refractivity contribution in [3.05, 3.63) is 47.9 Å². The lowest BCUT2D eigenvalue weighted by Gasteiger charge is -2.04. The molecule has 5 heteroatoms. The average Bonchev–Trinajstić information content (AvgIpc) is 2.98. The van der Waals surface area contributed by atoms with Gasteiger partial charge in [0.1, 0.15) is 5.76 Å². The molecule has 96 valence electrons. The van der Waals surface area contributed by atoms with Gasteiger partial charge in [-0.3, -0.25) is 0 Å². The second kappa shape index (κ2) is 5.80. The molecule has 1 N–H and O–H groups in total. The Bertz CT molecular complexity index is 499. The van der Waals surface area contributed by atoms with Crippen LogP contribution in [0.3, 0.4) is 0 Å². The van der Waals surface area contributed by atoms with E-state index in [0.29, 0.717) is 6.79 Å². The maximum atomic E-state index is 5.32. The van der Waals surface area contributed by atoms with Crippen molar-refractivity contribution in [2.45, 2.75) is 13.1 Å². The van der Waals surface area contributed by atoms with Crippen LogP contribution in [0.5, 0.6) is 11.5 Å². The molecule has 1 aliphatic rings. The van der Waals surface area contributed by atoms with Crippen LogP contribution in [0.25, 0.3) is 0 Å². The Hall–Kier alpha value is -1.65. The van der Waals surface area contributed by atoms with Crippen molar-refractivity contribution in [2.24, 2.45) is 0 Å². The quantitative estimate of drug-likeness (QED) is 0.925. The van der Waals surface area contributed by atoms with E-state index in [-0.39, 0.29) is 12.4 Å². The van der Waals surface area contributed by atoms with Crippen LogP contribution in [0.4, 0.5) is 0 Å².